The monoisotopic (exact) mass is 301 g/mol. The number of carbonyl (C=O) groups excluding carboxylic acids is 1. The molecule has 0 N–H and O–H groups in total. The average molecular weight is 302 g/mol. The van der Waals surface area contributed by atoms with E-state index >= 15 is 0 Å². The molecule has 1 fully saturated rings. The summed E-state index contributed by atoms with van der Waals surface area (Å²) in [5.41, 5.74) is 1.71. The lowest BCUT2D eigenvalue weighted by molar-refractivity contribution is -0.00269. The summed E-state index contributed by atoms with van der Waals surface area (Å²) < 4.78 is 5.56. The first-order chi connectivity index (χ1) is 10.3. The Morgan fingerprint density at radius 2 is 1.95 bits per heavy atom. The molecular formula is C17H16ClNO2. The third-order valence-corrected chi connectivity index (χ3v) is 3.88. The number of morpholine rings is 1. The van der Waals surface area contributed by atoms with E-state index in [0.717, 1.165) is 5.56 Å². The Bertz CT molecular complexity index is 630. The van der Waals surface area contributed by atoms with Crippen molar-refractivity contribution in [2.45, 2.75) is 6.04 Å². The molecular weight excluding hydrogens is 286 g/mol. The zero-order valence-corrected chi connectivity index (χ0v) is 12.3. The molecule has 1 atom stereocenters. The summed E-state index contributed by atoms with van der Waals surface area (Å²) in [6.07, 6.45) is 0. The summed E-state index contributed by atoms with van der Waals surface area (Å²) in [5.74, 6) is -0.00495. The molecule has 0 bridgehead atoms. The highest BCUT2D eigenvalue weighted by molar-refractivity contribution is 6.30. The van der Waals surface area contributed by atoms with Gasteiger partial charge < -0.3 is 9.64 Å². The molecule has 1 aliphatic heterocycles. The molecule has 3 nitrogen and oxygen atoms in total. The van der Waals surface area contributed by atoms with Gasteiger partial charge in [-0.25, -0.2) is 0 Å². The van der Waals surface area contributed by atoms with Crippen molar-refractivity contribution in [1.82, 2.24) is 4.90 Å². The Balaban J connectivity index is 1.89. The van der Waals surface area contributed by atoms with Crippen molar-refractivity contribution < 1.29 is 9.53 Å². The second-order valence-corrected chi connectivity index (χ2v) is 5.45. The van der Waals surface area contributed by atoms with Gasteiger partial charge in [0, 0.05) is 17.1 Å². The number of rotatable bonds is 2. The van der Waals surface area contributed by atoms with Gasteiger partial charge in [0.2, 0.25) is 0 Å². The van der Waals surface area contributed by atoms with Gasteiger partial charge in [0.1, 0.15) is 0 Å². The van der Waals surface area contributed by atoms with Crippen molar-refractivity contribution in [2.24, 2.45) is 0 Å². The Hall–Kier alpha value is -1.84. The van der Waals surface area contributed by atoms with Gasteiger partial charge in [-0.1, -0.05) is 48.0 Å². The topological polar surface area (TPSA) is 29.5 Å². The predicted octanol–water partition coefficient (Wildman–Crippen LogP) is 3.55. The van der Waals surface area contributed by atoms with Crippen LogP contribution < -0.4 is 0 Å². The van der Waals surface area contributed by atoms with E-state index in [-0.39, 0.29) is 11.9 Å². The van der Waals surface area contributed by atoms with Crippen LogP contribution in [0, 0.1) is 0 Å². The minimum Gasteiger partial charge on any atom is -0.377 e. The molecule has 0 aliphatic carbocycles. The van der Waals surface area contributed by atoms with Crippen molar-refractivity contribution >= 4 is 17.5 Å². The molecule has 3 rings (SSSR count). The number of hydrogen-bond acceptors (Lipinski definition) is 2. The average Bonchev–Trinajstić information content (AvgIpc) is 2.55. The molecule has 1 unspecified atom stereocenters. The normalized spacial score (nSPS) is 18.5. The SMILES string of the molecule is O=C(c1cccc(Cl)c1)N1CCOCC1c1ccccc1. The van der Waals surface area contributed by atoms with Gasteiger partial charge in [0.15, 0.2) is 0 Å². The minimum atomic E-state index is -0.0496. The zero-order chi connectivity index (χ0) is 14.7. The highest BCUT2D eigenvalue weighted by Gasteiger charge is 2.29. The second-order valence-electron chi connectivity index (χ2n) is 5.01. The number of ether oxygens (including phenoxy) is 1. The standard InChI is InChI=1S/C17H16ClNO2/c18-15-8-4-7-14(11-15)17(20)19-9-10-21-12-16(19)13-5-2-1-3-6-13/h1-8,11,16H,9-10,12H2. The summed E-state index contributed by atoms with van der Waals surface area (Å²) in [6.45, 7) is 1.68. The molecule has 2 aromatic rings. The first-order valence-corrected chi connectivity index (χ1v) is 7.33. The summed E-state index contributed by atoms with van der Waals surface area (Å²) in [6, 6.07) is 17.0. The summed E-state index contributed by atoms with van der Waals surface area (Å²) >= 11 is 5.99. The highest BCUT2D eigenvalue weighted by atomic mass is 35.5. The molecule has 1 heterocycles. The van der Waals surface area contributed by atoms with Crippen LogP contribution in [0.25, 0.3) is 0 Å². The number of benzene rings is 2. The van der Waals surface area contributed by atoms with E-state index in [4.69, 9.17) is 16.3 Å². The molecule has 0 saturated carbocycles. The molecule has 108 valence electrons. The van der Waals surface area contributed by atoms with Crippen molar-refractivity contribution in [3.63, 3.8) is 0 Å². The van der Waals surface area contributed by atoms with E-state index in [1.807, 2.05) is 35.2 Å². The van der Waals surface area contributed by atoms with Gasteiger partial charge in [0.05, 0.1) is 19.3 Å². The van der Waals surface area contributed by atoms with Crippen LogP contribution in [0.1, 0.15) is 22.0 Å². The van der Waals surface area contributed by atoms with Crippen LogP contribution in [-0.4, -0.2) is 30.6 Å². The predicted molar refractivity (Wildman–Crippen MR) is 82.5 cm³/mol. The van der Waals surface area contributed by atoms with Gasteiger partial charge in [-0.2, -0.15) is 0 Å². The summed E-state index contributed by atoms with van der Waals surface area (Å²) in [7, 11) is 0. The third-order valence-electron chi connectivity index (χ3n) is 3.65. The lowest BCUT2D eigenvalue weighted by Crippen LogP contribution is -2.43. The van der Waals surface area contributed by atoms with Crippen LogP contribution in [0.3, 0.4) is 0 Å². The Morgan fingerprint density at radius 3 is 2.71 bits per heavy atom. The Labute approximate surface area is 129 Å². The number of hydrogen-bond donors (Lipinski definition) is 0. The maximum Gasteiger partial charge on any atom is 0.254 e. The fourth-order valence-electron chi connectivity index (χ4n) is 2.59. The van der Waals surface area contributed by atoms with Gasteiger partial charge in [0.25, 0.3) is 5.91 Å². The molecule has 0 radical (unpaired) electrons. The van der Waals surface area contributed by atoms with Gasteiger partial charge in [-0.3, -0.25) is 4.79 Å². The van der Waals surface area contributed by atoms with E-state index in [1.165, 1.54) is 0 Å². The smallest absolute Gasteiger partial charge is 0.254 e. The molecule has 1 amide bonds. The molecule has 2 aromatic carbocycles. The van der Waals surface area contributed by atoms with Gasteiger partial charge >= 0.3 is 0 Å². The number of nitrogens with zero attached hydrogens (tertiary/aromatic N) is 1. The fourth-order valence-corrected chi connectivity index (χ4v) is 2.78. The van der Waals surface area contributed by atoms with Crippen molar-refractivity contribution in [2.75, 3.05) is 19.8 Å². The molecule has 0 spiro atoms. The fraction of sp³-hybridized carbons (Fsp3) is 0.235. The van der Waals surface area contributed by atoms with Crippen LogP contribution >= 0.6 is 11.6 Å². The van der Waals surface area contributed by atoms with Crippen LogP contribution in [0.15, 0.2) is 54.6 Å². The lowest BCUT2D eigenvalue weighted by atomic mass is 10.0. The Morgan fingerprint density at radius 1 is 1.14 bits per heavy atom. The molecule has 1 saturated heterocycles. The van der Waals surface area contributed by atoms with Crippen molar-refractivity contribution in [1.29, 1.82) is 0 Å². The molecule has 1 aliphatic rings. The quantitative estimate of drug-likeness (QED) is 0.849. The van der Waals surface area contributed by atoms with Crippen LogP contribution in [-0.2, 0) is 4.74 Å². The van der Waals surface area contributed by atoms with Gasteiger partial charge in [-0.15, -0.1) is 0 Å². The summed E-state index contributed by atoms with van der Waals surface area (Å²) in [4.78, 5) is 14.6. The van der Waals surface area contributed by atoms with Crippen LogP contribution in [0.5, 0.6) is 0 Å². The van der Waals surface area contributed by atoms with Gasteiger partial charge in [-0.05, 0) is 23.8 Å². The van der Waals surface area contributed by atoms with E-state index in [0.29, 0.717) is 30.3 Å². The molecule has 4 heteroatoms. The first kappa shape index (κ1) is 14.1. The van der Waals surface area contributed by atoms with E-state index in [1.54, 1.807) is 24.3 Å². The maximum atomic E-state index is 12.7. The second kappa shape index (κ2) is 6.29. The Kier molecular flexibility index (Phi) is 4.23. The number of halogens is 1. The lowest BCUT2D eigenvalue weighted by Gasteiger charge is -2.36. The number of carbonyl (C=O) groups is 1. The number of amides is 1. The van der Waals surface area contributed by atoms with Crippen LogP contribution in [0.2, 0.25) is 5.02 Å². The molecule has 21 heavy (non-hydrogen) atoms. The van der Waals surface area contributed by atoms with E-state index in [9.17, 15) is 4.79 Å². The zero-order valence-electron chi connectivity index (χ0n) is 11.5. The van der Waals surface area contributed by atoms with Crippen molar-refractivity contribution in [3.8, 4) is 0 Å². The summed E-state index contributed by atoms with van der Waals surface area (Å²) in [5, 5.41) is 0.574. The van der Waals surface area contributed by atoms with Crippen molar-refractivity contribution in [3.05, 3.63) is 70.7 Å². The maximum absolute atomic E-state index is 12.7. The first-order valence-electron chi connectivity index (χ1n) is 6.95. The van der Waals surface area contributed by atoms with Crippen LogP contribution in [0.4, 0.5) is 0 Å². The molecule has 0 aromatic heterocycles. The largest absolute Gasteiger partial charge is 0.377 e. The minimum absolute atomic E-state index is 0.00495. The highest BCUT2D eigenvalue weighted by Crippen LogP contribution is 2.26. The van der Waals surface area contributed by atoms with E-state index < -0.39 is 0 Å². The third kappa shape index (κ3) is 3.09. The van der Waals surface area contributed by atoms with E-state index in [2.05, 4.69) is 0 Å².